The van der Waals surface area contributed by atoms with Gasteiger partial charge in [-0.25, -0.2) is 0 Å². The third-order valence-corrected chi connectivity index (χ3v) is 0. The van der Waals surface area contributed by atoms with E-state index in [9.17, 15) is 0 Å². The summed E-state index contributed by atoms with van der Waals surface area (Å²) in [6.45, 7) is 0. The Morgan fingerprint density at radius 3 is 1.20 bits per heavy atom. The Kier molecular flexibility index (Phi) is 8.99. The third kappa shape index (κ3) is 55.1. The molecule has 0 aromatic rings. The van der Waals surface area contributed by atoms with Crippen LogP contribution in [0.15, 0.2) is 0 Å². The van der Waals surface area contributed by atoms with Gasteiger partial charge >= 0.3 is 10.0 Å². The molecule has 0 aromatic heterocycles. The summed E-state index contributed by atoms with van der Waals surface area (Å²) >= 11 is 0. The van der Waals surface area contributed by atoms with Crippen molar-refractivity contribution in [3.63, 3.8) is 0 Å². The van der Waals surface area contributed by atoms with Gasteiger partial charge in [-0.2, -0.15) is 0 Å². The van der Waals surface area contributed by atoms with Gasteiger partial charge in [-0.1, -0.05) is 0 Å². The molecule has 0 aliphatic carbocycles. The maximum atomic E-state index is 7.23. The number of hydrogen-bond acceptors (Lipinski definition) is 3. The maximum absolute atomic E-state index is 7.23. The Labute approximate surface area is 42.9 Å². The van der Waals surface area contributed by atoms with Gasteiger partial charge in [0.15, 0.2) is 17.4 Å². The molecule has 0 unspecified atom stereocenters. The summed E-state index contributed by atoms with van der Waals surface area (Å²) in [5, 5.41) is 0. The Hall–Kier alpha value is 0.842. The molecule has 5 heavy (non-hydrogen) atoms. The Morgan fingerprint density at radius 2 is 1.20 bits per heavy atom. The van der Waals surface area contributed by atoms with Crippen molar-refractivity contribution in [3.8, 4) is 0 Å². The molecule has 0 spiro atoms. The Balaban J connectivity index is -0.0000000450. The van der Waals surface area contributed by atoms with Crippen LogP contribution in [0.5, 0.6) is 0 Å². The van der Waals surface area contributed by atoms with Crippen molar-refractivity contribution in [1.82, 2.24) is 0 Å². The lowest BCUT2D eigenvalue weighted by molar-refractivity contribution is 0.368. The van der Waals surface area contributed by atoms with E-state index in [4.69, 9.17) is 14.7 Å². The fraction of sp³-hybridized carbons (Fsp3) is 0. The van der Waals surface area contributed by atoms with E-state index in [2.05, 4.69) is 0 Å². The highest BCUT2D eigenvalue weighted by atomic mass is 31.2. The summed E-state index contributed by atoms with van der Waals surface area (Å²) in [7, 11) is -2.62. The lowest BCUT2D eigenvalue weighted by Crippen LogP contribution is -1.54. The summed E-state index contributed by atoms with van der Waals surface area (Å²) in [4.78, 5) is 21.7. The van der Waals surface area contributed by atoms with Crippen LogP contribution in [-0.4, -0.2) is 32.0 Å². The van der Waals surface area contributed by atoms with Gasteiger partial charge in [-0.05, 0) is 0 Å². The highest BCUT2D eigenvalue weighted by molar-refractivity contribution is 7.38. The van der Waals surface area contributed by atoms with E-state index in [-0.39, 0.29) is 18.8 Å². The molecule has 0 bridgehead atoms. The fourth-order valence-corrected chi connectivity index (χ4v) is 0. The van der Waals surface area contributed by atoms with Gasteiger partial charge in [0.25, 0.3) is 0 Å². The van der Waals surface area contributed by atoms with E-state index < -0.39 is 8.60 Å². The van der Waals surface area contributed by atoms with E-state index in [1.165, 1.54) is 0 Å². The first-order valence-corrected chi connectivity index (χ1v) is 1.80. The zero-order valence-corrected chi connectivity index (χ0v) is 2.68. The molecule has 0 rings (SSSR count). The molecule has 0 atom stereocenters. The largest absolute Gasteiger partial charge is 1.00 e. The lowest BCUT2D eigenvalue weighted by atomic mass is 15.8. The van der Waals surface area contributed by atoms with E-state index in [1.54, 1.807) is 0 Å². The van der Waals surface area contributed by atoms with Crippen molar-refractivity contribution in [1.29, 1.82) is 0 Å². The van der Waals surface area contributed by atoms with E-state index in [1.807, 2.05) is 0 Å². The van der Waals surface area contributed by atoms with Crippen LogP contribution in [0, 0.1) is 0 Å². The van der Waals surface area contributed by atoms with Crippen LogP contribution in [0.4, 0.5) is 0 Å². The molecule has 0 heterocycles. The van der Waals surface area contributed by atoms with Crippen LogP contribution >= 0.6 is 8.60 Å². The summed E-state index contributed by atoms with van der Waals surface area (Å²) < 4.78 is 0. The smallest absolute Gasteiger partial charge is 0.328 e. The van der Waals surface area contributed by atoms with Gasteiger partial charge in [0, 0.05) is 0 Å². The van der Waals surface area contributed by atoms with Crippen molar-refractivity contribution in [2.75, 3.05) is 0 Å². The van der Waals surface area contributed by atoms with Crippen molar-refractivity contribution in [2.24, 2.45) is 0 Å². The van der Waals surface area contributed by atoms with Gasteiger partial charge in [0.2, 0.25) is 0 Å². The van der Waals surface area contributed by atoms with Crippen molar-refractivity contribution in [3.05, 3.63) is 0 Å². The molecule has 5 heteroatoms. The predicted octanol–water partition coefficient (Wildman–Crippen LogP) is -1.88. The molecule has 0 amide bonds. The Morgan fingerprint density at radius 1 is 1.20 bits per heavy atom. The van der Waals surface area contributed by atoms with Crippen molar-refractivity contribution >= 4 is 26.0 Å². The minimum Gasteiger partial charge on any atom is -0.328 e. The summed E-state index contributed by atoms with van der Waals surface area (Å²) in [6, 6.07) is 0. The second-order valence-corrected chi connectivity index (χ2v) is 0.805. The van der Waals surface area contributed by atoms with Gasteiger partial charge in [0.05, 0.1) is 0 Å². The maximum Gasteiger partial charge on any atom is 1.00 e. The predicted molar refractivity (Wildman–Crippen MR) is 24.6 cm³/mol. The van der Waals surface area contributed by atoms with Crippen LogP contribution in [0.25, 0.3) is 0 Å². The third-order valence-electron chi connectivity index (χ3n) is 0. The van der Waals surface area contributed by atoms with Crippen LogP contribution in [0.3, 0.4) is 0 Å². The average molecular weight is 113 g/mol. The second kappa shape index (κ2) is 4.84. The normalized spacial score (nSPS) is 7.20. The number of hydrogen-bond donors (Lipinski definition) is 3. The molecular formula is H7AlO3P+. The fourth-order valence-electron chi connectivity index (χ4n) is 0. The molecule has 0 aliphatic rings. The molecule has 0 radical (unpaired) electrons. The van der Waals surface area contributed by atoms with Crippen molar-refractivity contribution in [2.45, 2.75) is 0 Å². The van der Waals surface area contributed by atoms with Crippen LogP contribution < -0.4 is 0 Å². The average Bonchev–Trinajstić information content (AvgIpc) is 0.811. The van der Waals surface area contributed by atoms with E-state index in [0.717, 1.165) is 0 Å². The molecule has 3 nitrogen and oxygen atoms in total. The zero-order valence-electron chi connectivity index (χ0n) is 2.79. The van der Waals surface area contributed by atoms with Crippen LogP contribution in [0.2, 0.25) is 0 Å². The summed E-state index contributed by atoms with van der Waals surface area (Å²) in [5.74, 6) is 0. The first kappa shape index (κ1) is 9.28. The minimum absolute atomic E-state index is 0. The van der Waals surface area contributed by atoms with Crippen LogP contribution in [-0.2, 0) is 0 Å². The van der Waals surface area contributed by atoms with Gasteiger partial charge in [0.1, 0.15) is 0 Å². The Bertz CT molecular complexity index is 15.5. The topological polar surface area (TPSA) is 60.7 Å². The van der Waals surface area contributed by atoms with Gasteiger partial charge < -0.3 is 14.7 Å². The molecular weight excluding hydrogens is 106 g/mol. The quantitative estimate of drug-likeness (QED) is 0.254. The van der Waals surface area contributed by atoms with E-state index >= 15 is 0 Å². The lowest BCUT2D eigenvalue weighted by Gasteiger charge is -1.76. The van der Waals surface area contributed by atoms with E-state index in [0.29, 0.717) is 0 Å². The standard InChI is InChI=1S/Al.H3O3P.3H/c;1-4(2)3;;;/h;1-3H;;;/p+1. The zero-order chi connectivity index (χ0) is 3.58. The van der Waals surface area contributed by atoms with Crippen molar-refractivity contribution < 1.29 is 16.1 Å². The molecule has 0 aromatic carbocycles. The summed E-state index contributed by atoms with van der Waals surface area (Å²) in [5.41, 5.74) is 0. The summed E-state index contributed by atoms with van der Waals surface area (Å²) in [6.07, 6.45) is 0. The molecule has 3 N–H and O–H groups in total. The molecule has 0 fully saturated rings. The first-order chi connectivity index (χ1) is 1.73. The SMILES string of the molecule is OP(O)O.[AlH3].[H+]. The van der Waals surface area contributed by atoms with Gasteiger partial charge in [-0.15, -0.1) is 0 Å². The first-order valence-electron chi connectivity index (χ1n) is 0.600. The highest BCUT2D eigenvalue weighted by Crippen LogP contribution is 2.11. The molecule has 32 valence electrons. The van der Waals surface area contributed by atoms with Crippen LogP contribution in [0.1, 0.15) is 1.43 Å². The highest BCUT2D eigenvalue weighted by Gasteiger charge is 1.76. The molecule has 0 aliphatic heterocycles. The second-order valence-electron chi connectivity index (χ2n) is 0.268. The number of rotatable bonds is 0. The molecule has 0 saturated carbocycles. The van der Waals surface area contributed by atoms with Gasteiger partial charge in [-0.3, -0.25) is 0 Å². The molecule has 0 saturated heterocycles. The monoisotopic (exact) mass is 113 g/mol. The minimum atomic E-state index is -2.62.